The molecule has 0 aliphatic carbocycles. The lowest BCUT2D eigenvalue weighted by molar-refractivity contribution is -0.417. The summed E-state index contributed by atoms with van der Waals surface area (Å²) >= 11 is 1.35. The predicted octanol–water partition coefficient (Wildman–Crippen LogP) is 1.95. The second-order valence-corrected chi connectivity index (χ2v) is 3.34. The van der Waals surface area contributed by atoms with Crippen LogP contribution >= 0.6 is 11.3 Å². The van der Waals surface area contributed by atoms with E-state index in [1.165, 1.54) is 24.3 Å². The molecule has 1 heterocycles. The van der Waals surface area contributed by atoms with Crippen molar-refractivity contribution < 1.29 is 9.72 Å². The van der Waals surface area contributed by atoms with Crippen LogP contribution < -0.4 is 0 Å². The Kier molecular flexibility index (Phi) is 2.92. The summed E-state index contributed by atoms with van der Waals surface area (Å²) in [5.41, 5.74) is -0.373. The first-order chi connectivity index (χ1) is 6.11. The fraction of sp³-hybridized carbons (Fsp3) is 0.125. The number of carbonyl (C=O) groups is 1. The molecule has 1 aromatic rings. The summed E-state index contributed by atoms with van der Waals surface area (Å²) < 4.78 is 0. The van der Waals surface area contributed by atoms with E-state index in [1.807, 2.05) is 0 Å². The number of hydrogen-bond donors (Lipinski definition) is 0. The first kappa shape index (κ1) is 9.60. The summed E-state index contributed by atoms with van der Waals surface area (Å²) in [6, 6.07) is 3.49. The van der Waals surface area contributed by atoms with Crippen LogP contribution in [0.25, 0.3) is 6.08 Å². The summed E-state index contributed by atoms with van der Waals surface area (Å²) in [5, 5.41) is 12.2. The molecule has 0 spiro atoms. The molecule has 0 bridgehead atoms. The molecule has 4 nitrogen and oxygen atoms in total. The first-order valence-corrected chi connectivity index (χ1v) is 4.40. The second kappa shape index (κ2) is 3.95. The Morgan fingerprint density at radius 2 is 2.38 bits per heavy atom. The molecular weight excluding hydrogens is 190 g/mol. The zero-order chi connectivity index (χ0) is 9.84. The van der Waals surface area contributed by atoms with Crippen molar-refractivity contribution in [2.24, 2.45) is 0 Å². The molecule has 0 unspecified atom stereocenters. The fourth-order valence-corrected chi connectivity index (χ4v) is 1.44. The van der Waals surface area contributed by atoms with Crippen LogP contribution in [0.15, 0.2) is 23.2 Å². The van der Waals surface area contributed by atoms with Crippen LogP contribution in [-0.2, 0) is 4.79 Å². The maximum Gasteiger partial charge on any atom is 0.313 e. The van der Waals surface area contributed by atoms with Crippen LogP contribution in [0.1, 0.15) is 11.8 Å². The molecule has 0 aromatic carbocycles. The van der Waals surface area contributed by atoms with Gasteiger partial charge in [-0.15, -0.1) is 11.3 Å². The molecule has 0 amide bonds. The number of thiophene rings is 1. The van der Waals surface area contributed by atoms with E-state index in [9.17, 15) is 14.9 Å². The van der Waals surface area contributed by atoms with Crippen molar-refractivity contribution >= 4 is 23.2 Å². The van der Waals surface area contributed by atoms with Gasteiger partial charge in [0.1, 0.15) is 0 Å². The maximum atomic E-state index is 10.8. The number of nitrogens with zero attached hydrogens (tertiary/aromatic N) is 1. The molecular formula is C8H7NO3S. The lowest BCUT2D eigenvalue weighted by Crippen LogP contribution is -2.06. The highest BCUT2D eigenvalue weighted by Crippen LogP contribution is 2.13. The molecule has 0 aliphatic rings. The highest BCUT2D eigenvalue weighted by Gasteiger charge is 2.16. The lowest BCUT2D eigenvalue weighted by atomic mass is 10.3. The van der Waals surface area contributed by atoms with Crippen LogP contribution in [0.3, 0.4) is 0 Å². The number of Topliss-reactive ketones (excluding diaryl/α,β-unsaturated/α-hetero) is 1. The molecule has 0 radical (unpaired) electrons. The molecule has 1 rings (SSSR count). The van der Waals surface area contributed by atoms with E-state index < -0.39 is 10.7 Å². The van der Waals surface area contributed by atoms with Gasteiger partial charge in [0.15, 0.2) is 0 Å². The number of ketones is 1. The van der Waals surface area contributed by atoms with Gasteiger partial charge in [-0.25, -0.2) is 0 Å². The summed E-state index contributed by atoms with van der Waals surface area (Å²) in [6.07, 6.45) is 1.28. The highest BCUT2D eigenvalue weighted by molar-refractivity contribution is 7.10. The number of hydrogen-bond acceptors (Lipinski definition) is 4. The van der Waals surface area contributed by atoms with Crippen LogP contribution in [0.4, 0.5) is 0 Å². The van der Waals surface area contributed by atoms with Gasteiger partial charge < -0.3 is 0 Å². The zero-order valence-corrected chi connectivity index (χ0v) is 7.71. The number of rotatable bonds is 3. The highest BCUT2D eigenvalue weighted by atomic mass is 32.1. The third-order valence-electron chi connectivity index (χ3n) is 1.38. The van der Waals surface area contributed by atoms with Crippen molar-refractivity contribution in [3.63, 3.8) is 0 Å². The lowest BCUT2D eigenvalue weighted by Gasteiger charge is -1.90. The van der Waals surface area contributed by atoms with E-state index >= 15 is 0 Å². The third-order valence-corrected chi connectivity index (χ3v) is 2.20. The van der Waals surface area contributed by atoms with E-state index in [0.29, 0.717) is 4.88 Å². The SMILES string of the molecule is CC(=O)/C(=C\c1cccs1)[N+](=O)[O-]. The van der Waals surface area contributed by atoms with Gasteiger partial charge in [-0.05, 0) is 11.4 Å². The Bertz CT molecular complexity index is 337. The Balaban J connectivity index is 3.01. The van der Waals surface area contributed by atoms with Crippen molar-refractivity contribution in [2.75, 3.05) is 0 Å². The van der Waals surface area contributed by atoms with Gasteiger partial charge in [0, 0.05) is 17.9 Å². The Morgan fingerprint density at radius 3 is 2.77 bits per heavy atom. The van der Waals surface area contributed by atoms with Gasteiger partial charge in [0.2, 0.25) is 5.78 Å². The molecule has 13 heavy (non-hydrogen) atoms. The van der Waals surface area contributed by atoms with Crippen molar-refractivity contribution in [1.82, 2.24) is 0 Å². The van der Waals surface area contributed by atoms with Gasteiger partial charge in [-0.3, -0.25) is 14.9 Å². The van der Waals surface area contributed by atoms with Gasteiger partial charge in [-0.1, -0.05) is 6.07 Å². The van der Waals surface area contributed by atoms with Crippen LogP contribution in [0.2, 0.25) is 0 Å². The summed E-state index contributed by atoms with van der Waals surface area (Å²) in [4.78, 5) is 21.2. The van der Waals surface area contributed by atoms with Crippen molar-refractivity contribution in [3.05, 3.63) is 38.2 Å². The minimum atomic E-state index is -0.665. The van der Waals surface area contributed by atoms with Crippen molar-refractivity contribution in [2.45, 2.75) is 6.92 Å². The van der Waals surface area contributed by atoms with Crippen molar-refractivity contribution in [1.29, 1.82) is 0 Å². The third kappa shape index (κ3) is 2.48. The predicted molar refractivity (Wildman–Crippen MR) is 50.0 cm³/mol. The van der Waals surface area contributed by atoms with E-state index in [2.05, 4.69) is 0 Å². The molecule has 0 saturated heterocycles. The molecule has 0 saturated carbocycles. The minimum Gasteiger partial charge on any atom is -0.288 e. The molecule has 5 heteroatoms. The van der Waals surface area contributed by atoms with Crippen LogP contribution in [0, 0.1) is 10.1 Å². The van der Waals surface area contributed by atoms with E-state index in [0.717, 1.165) is 0 Å². The van der Waals surface area contributed by atoms with Crippen LogP contribution in [0.5, 0.6) is 0 Å². The van der Waals surface area contributed by atoms with Gasteiger partial charge in [0.25, 0.3) is 0 Å². The van der Waals surface area contributed by atoms with Gasteiger partial charge in [-0.2, -0.15) is 0 Å². The van der Waals surface area contributed by atoms with Crippen LogP contribution in [-0.4, -0.2) is 10.7 Å². The van der Waals surface area contributed by atoms with E-state index in [-0.39, 0.29) is 5.70 Å². The fourth-order valence-electron chi connectivity index (χ4n) is 0.791. The quantitative estimate of drug-likeness (QED) is 0.422. The number of nitro groups is 1. The molecule has 0 fully saturated rings. The molecule has 0 aliphatic heterocycles. The average molecular weight is 197 g/mol. The number of carbonyl (C=O) groups excluding carboxylic acids is 1. The maximum absolute atomic E-state index is 10.8. The molecule has 0 atom stereocenters. The summed E-state index contributed by atoms with van der Waals surface area (Å²) in [6.45, 7) is 1.18. The first-order valence-electron chi connectivity index (χ1n) is 3.52. The monoisotopic (exact) mass is 197 g/mol. The largest absolute Gasteiger partial charge is 0.313 e. The van der Waals surface area contributed by atoms with Gasteiger partial charge >= 0.3 is 5.70 Å². The van der Waals surface area contributed by atoms with E-state index in [4.69, 9.17) is 0 Å². The van der Waals surface area contributed by atoms with Crippen molar-refractivity contribution in [3.8, 4) is 0 Å². The zero-order valence-electron chi connectivity index (χ0n) is 6.89. The summed E-state index contributed by atoms with van der Waals surface area (Å²) in [5.74, 6) is -0.529. The standard InChI is InChI=1S/C8H7NO3S/c1-6(10)8(9(11)12)5-7-3-2-4-13-7/h2-5H,1H3/b8-5+. The normalized spacial score (nSPS) is 11.3. The molecule has 0 N–H and O–H groups in total. The van der Waals surface area contributed by atoms with E-state index in [1.54, 1.807) is 17.5 Å². The van der Waals surface area contributed by atoms with Gasteiger partial charge in [0.05, 0.1) is 4.92 Å². The smallest absolute Gasteiger partial charge is 0.288 e. The molecule has 68 valence electrons. The number of allylic oxidation sites excluding steroid dienone is 1. The average Bonchev–Trinajstić information content (AvgIpc) is 2.50. The minimum absolute atomic E-state index is 0.373. The topological polar surface area (TPSA) is 60.2 Å². The Labute approximate surface area is 78.7 Å². The molecule has 1 aromatic heterocycles. The summed E-state index contributed by atoms with van der Waals surface area (Å²) in [7, 11) is 0. The Hall–Kier alpha value is -1.49. The Morgan fingerprint density at radius 1 is 1.69 bits per heavy atom. The second-order valence-electron chi connectivity index (χ2n) is 2.36.